The van der Waals surface area contributed by atoms with Crippen LogP contribution in [0.4, 0.5) is 0 Å². The number of nitrogens with zero attached hydrogens (tertiary/aromatic N) is 1. The molecule has 0 atom stereocenters. The third-order valence-corrected chi connectivity index (χ3v) is 2.11. The van der Waals surface area contributed by atoms with Crippen LogP contribution in [0.1, 0.15) is 25.2 Å². The zero-order chi connectivity index (χ0) is 10.0. The Morgan fingerprint density at radius 2 is 1.46 bits per heavy atom. The molecule has 0 bridgehead atoms. The number of hydrogen-bond acceptors (Lipinski definition) is 0. The van der Waals surface area contributed by atoms with Crippen LogP contribution in [0, 0.1) is 0 Å². The van der Waals surface area contributed by atoms with Crippen molar-refractivity contribution in [3.63, 3.8) is 0 Å². The summed E-state index contributed by atoms with van der Waals surface area (Å²) in [5.41, 5.74) is 4.46. The zero-order valence-corrected chi connectivity index (χ0v) is 8.59. The molecule has 0 N–H and O–H groups in total. The molecule has 1 nitrogen and oxygen atoms in total. The predicted octanol–water partition coefficient (Wildman–Crippen LogP) is 2.58. The average Bonchev–Trinajstić information content (AvgIpc) is 2.03. The van der Waals surface area contributed by atoms with E-state index in [2.05, 4.69) is 29.9 Å². The Labute approximate surface area is 80.0 Å². The first kappa shape index (κ1) is 9.72. The van der Waals surface area contributed by atoms with E-state index in [1.807, 2.05) is 27.0 Å². The average molecular weight is 174 g/mol. The van der Waals surface area contributed by atoms with Gasteiger partial charge in [-0.05, 0) is 19.9 Å². The van der Waals surface area contributed by atoms with Gasteiger partial charge < -0.3 is 0 Å². The summed E-state index contributed by atoms with van der Waals surface area (Å²) in [6, 6.07) is 6.16. The number of pyridine rings is 1. The Morgan fingerprint density at radius 3 is 1.77 bits per heavy atom. The third-order valence-electron chi connectivity index (χ3n) is 2.11. The molecule has 0 unspecified atom stereocenters. The lowest BCUT2D eigenvalue weighted by Crippen LogP contribution is -2.36. The summed E-state index contributed by atoms with van der Waals surface area (Å²) in [4.78, 5) is 0. The summed E-state index contributed by atoms with van der Waals surface area (Å²) in [5, 5.41) is 0. The highest BCUT2D eigenvalue weighted by atomic mass is 14.9. The Hall–Kier alpha value is -1.37. The van der Waals surface area contributed by atoms with Gasteiger partial charge >= 0.3 is 0 Å². The Balaban J connectivity index is 3.35. The molecule has 68 valence electrons. The second-order valence-electron chi connectivity index (χ2n) is 3.42. The largest absolute Gasteiger partial charge is 0.207 e. The molecule has 1 heterocycles. The Bertz CT molecular complexity index is 329. The van der Waals surface area contributed by atoms with Crippen molar-refractivity contribution in [1.82, 2.24) is 0 Å². The van der Waals surface area contributed by atoms with E-state index in [0.717, 1.165) is 22.5 Å². The second kappa shape index (κ2) is 3.56. The molecular weight excluding hydrogens is 158 g/mol. The van der Waals surface area contributed by atoms with Gasteiger partial charge in [0, 0.05) is 23.3 Å². The highest BCUT2D eigenvalue weighted by Crippen LogP contribution is 2.10. The SMILES string of the molecule is C=C(C)c1cccc(C(=C)C)[n+]1C. The van der Waals surface area contributed by atoms with Crippen LogP contribution in [0.3, 0.4) is 0 Å². The summed E-state index contributed by atoms with van der Waals surface area (Å²) in [6.45, 7) is 11.9. The van der Waals surface area contributed by atoms with Crippen LogP contribution >= 0.6 is 0 Å². The molecule has 1 heteroatoms. The van der Waals surface area contributed by atoms with E-state index < -0.39 is 0 Å². The maximum atomic E-state index is 3.94. The van der Waals surface area contributed by atoms with Crippen molar-refractivity contribution in [2.24, 2.45) is 7.05 Å². The maximum absolute atomic E-state index is 3.94. The Kier molecular flexibility index (Phi) is 2.66. The molecule has 0 spiro atoms. The number of allylic oxidation sites excluding steroid dienone is 2. The lowest BCUT2D eigenvalue weighted by molar-refractivity contribution is -0.676. The summed E-state index contributed by atoms with van der Waals surface area (Å²) in [5.74, 6) is 0. The van der Waals surface area contributed by atoms with Gasteiger partial charge in [-0.2, -0.15) is 4.57 Å². The van der Waals surface area contributed by atoms with Gasteiger partial charge in [0.25, 0.3) is 0 Å². The van der Waals surface area contributed by atoms with Crippen molar-refractivity contribution in [1.29, 1.82) is 0 Å². The summed E-state index contributed by atoms with van der Waals surface area (Å²) < 4.78 is 2.12. The van der Waals surface area contributed by atoms with Crippen molar-refractivity contribution in [2.75, 3.05) is 0 Å². The molecule has 0 aliphatic carbocycles. The van der Waals surface area contributed by atoms with E-state index in [4.69, 9.17) is 0 Å². The van der Waals surface area contributed by atoms with Crippen LogP contribution in [-0.2, 0) is 7.05 Å². The van der Waals surface area contributed by atoms with Gasteiger partial charge in [-0.15, -0.1) is 0 Å². The van der Waals surface area contributed by atoms with Crippen LogP contribution in [0.2, 0.25) is 0 Å². The topological polar surface area (TPSA) is 3.88 Å². The normalized spacial score (nSPS) is 9.77. The first-order valence-corrected chi connectivity index (χ1v) is 4.35. The lowest BCUT2D eigenvalue weighted by atomic mass is 10.1. The van der Waals surface area contributed by atoms with Crippen LogP contribution in [0.25, 0.3) is 11.1 Å². The Morgan fingerprint density at radius 1 is 1.08 bits per heavy atom. The highest BCUT2D eigenvalue weighted by Gasteiger charge is 2.12. The van der Waals surface area contributed by atoms with Crippen LogP contribution in [0.5, 0.6) is 0 Å². The summed E-state index contributed by atoms with van der Waals surface area (Å²) in [6.07, 6.45) is 0. The maximum Gasteiger partial charge on any atom is 0.207 e. The molecule has 0 radical (unpaired) electrons. The van der Waals surface area contributed by atoms with E-state index >= 15 is 0 Å². The van der Waals surface area contributed by atoms with E-state index in [1.165, 1.54) is 0 Å². The summed E-state index contributed by atoms with van der Waals surface area (Å²) in [7, 11) is 2.04. The molecule has 0 saturated carbocycles. The van der Waals surface area contributed by atoms with Gasteiger partial charge in [0.05, 0.1) is 0 Å². The third kappa shape index (κ3) is 1.86. The molecular formula is C12H16N+. The fraction of sp³-hybridized carbons (Fsp3) is 0.250. The lowest BCUT2D eigenvalue weighted by Gasteiger charge is -2.03. The van der Waals surface area contributed by atoms with E-state index in [0.29, 0.717) is 0 Å². The van der Waals surface area contributed by atoms with Gasteiger partial charge in [0.15, 0.2) is 0 Å². The van der Waals surface area contributed by atoms with Gasteiger partial charge in [0.2, 0.25) is 11.4 Å². The zero-order valence-electron chi connectivity index (χ0n) is 8.59. The smallest absolute Gasteiger partial charge is 0.195 e. The molecule has 1 aromatic rings. The molecule has 1 rings (SSSR count). The number of hydrogen-bond donors (Lipinski definition) is 0. The van der Waals surface area contributed by atoms with Crippen molar-refractivity contribution in [2.45, 2.75) is 13.8 Å². The second-order valence-corrected chi connectivity index (χ2v) is 3.42. The van der Waals surface area contributed by atoms with Gasteiger partial charge in [-0.3, -0.25) is 0 Å². The van der Waals surface area contributed by atoms with Gasteiger partial charge in [0.1, 0.15) is 7.05 Å². The fourth-order valence-corrected chi connectivity index (χ4v) is 1.44. The first-order valence-electron chi connectivity index (χ1n) is 4.35. The first-order chi connectivity index (χ1) is 6.04. The van der Waals surface area contributed by atoms with Crippen molar-refractivity contribution < 1.29 is 4.57 Å². The van der Waals surface area contributed by atoms with Crippen molar-refractivity contribution in [3.05, 3.63) is 42.7 Å². The van der Waals surface area contributed by atoms with E-state index in [9.17, 15) is 0 Å². The van der Waals surface area contributed by atoms with Crippen LogP contribution < -0.4 is 4.57 Å². The van der Waals surface area contributed by atoms with E-state index in [1.54, 1.807) is 0 Å². The molecule has 0 saturated heterocycles. The minimum atomic E-state index is 1.07. The standard InChI is InChI=1S/C12H16N/c1-9(2)11-7-6-8-12(10(3)4)13(11)5/h6-8H,1,3H2,2,4-5H3/q+1. The quantitative estimate of drug-likeness (QED) is 0.607. The monoisotopic (exact) mass is 174 g/mol. The minimum Gasteiger partial charge on any atom is -0.195 e. The molecule has 0 aromatic carbocycles. The van der Waals surface area contributed by atoms with Crippen molar-refractivity contribution >= 4 is 11.1 Å². The molecule has 1 aromatic heterocycles. The number of rotatable bonds is 2. The van der Waals surface area contributed by atoms with E-state index in [-0.39, 0.29) is 0 Å². The minimum absolute atomic E-state index is 1.07. The highest BCUT2D eigenvalue weighted by molar-refractivity contribution is 5.59. The summed E-state index contributed by atoms with van der Waals surface area (Å²) >= 11 is 0. The molecule has 0 aliphatic rings. The van der Waals surface area contributed by atoms with Crippen LogP contribution in [0.15, 0.2) is 31.4 Å². The molecule has 0 fully saturated rings. The van der Waals surface area contributed by atoms with Gasteiger partial charge in [-0.1, -0.05) is 13.2 Å². The number of aromatic nitrogens is 1. The molecule has 0 amide bonds. The van der Waals surface area contributed by atoms with Crippen LogP contribution in [-0.4, -0.2) is 0 Å². The predicted molar refractivity (Wildman–Crippen MR) is 57.0 cm³/mol. The fourth-order valence-electron chi connectivity index (χ4n) is 1.44. The van der Waals surface area contributed by atoms with Crippen molar-refractivity contribution in [3.8, 4) is 0 Å². The molecule has 0 aliphatic heterocycles. The van der Waals surface area contributed by atoms with Gasteiger partial charge in [-0.25, -0.2) is 0 Å². The molecule has 13 heavy (non-hydrogen) atoms.